The fourth-order valence-electron chi connectivity index (χ4n) is 2.52. The third-order valence-corrected chi connectivity index (χ3v) is 4.04. The molecule has 0 radical (unpaired) electrons. The molecule has 0 saturated carbocycles. The van der Waals surface area contributed by atoms with Crippen LogP contribution in [0.5, 0.6) is 0 Å². The minimum atomic E-state index is -0.677. The van der Waals surface area contributed by atoms with Gasteiger partial charge >= 0.3 is 6.09 Å². The van der Waals surface area contributed by atoms with Crippen molar-refractivity contribution in [1.82, 2.24) is 5.32 Å². The van der Waals surface area contributed by atoms with E-state index in [0.717, 1.165) is 23.2 Å². The quantitative estimate of drug-likeness (QED) is 0.785. The summed E-state index contributed by atoms with van der Waals surface area (Å²) in [6.45, 7) is 5.98. The Bertz CT molecular complexity index is 729. The first kappa shape index (κ1) is 19.5. The molecular weight excluding hydrogens is 328 g/mol. The zero-order chi connectivity index (χ0) is 18.9. The maximum Gasteiger partial charge on any atom is 0.408 e. The van der Waals surface area contributed by atoms with Gasteiger partial charge in [-0.2, -0.15) is 0 Å². The van der Waals surface area contributed by atoms with Crippen molar-refractivity contribution in [3.63, 3.8) is 0 Å². The summed E-state index contributed by atoms with van der Waals surface area (Å²) in [5.74, 6) is -0.335. The average molecular weight is 354 g/mol. The highest BCUT2D eigenvalue weighted by molar-refractivity contribution is 5.96. The van der Waals surface area contributed by atoms with Crippen molar-refractivity contribution in [2.75, 3.05) is 5.32 Å². The van der Waals surface area contributed by atoms with Crippen molar-refractivity contribution in [3.05, 3.63) is 65.7 Å². The van der Waals surface area contributed by atoms with Crippen LogP contribution in [0.2, 0.25) is 0 Å². The summed E-state index contributed by atoms with van der Waals surface area (Å²) in [7, 11) is 0. The van der Waals surface area contributed by atoms with E-state index in [1.54, 1.807) is 0 Å². The normalized spacial score (nSPS) is 11.7. The van der Waals surface area contributed by atoms with Crippen LogP contribution in [0.4, 0.5) is 10.5 Å². The van der Waals surface area contributed by atoms with Crippen LogP contribution in [-0.4, -0.2) is 18.0 Å². The van der Waals surface area contributed by atoms with Gasteiger partial charge in [-0.1, -0.05) is 63.2 Å². The summed E-state index contributed by atoms with van der Waals surface area (Å²) >= 11 is 0. The smallest absolute Gasteiger partial charge is 0.408 e. The lowest BCUT2D eigenvalue weighted by molar-refractivity contribution is -0.119. The molecule has 0 saturated heterocycles. The Hall–Kier alpha value is -2.82. The number of ether oxygens (including phenoxy) is 1. The van der Waals surface area contributed by atoms with E-state index in [0.29, 0.717) is 0 Å². The highest BCUT2D eigenvalue weighted by atomic mass is 16.5. The fraction of sp³-hybridized carbons (Fsp3) is 0.333. The van der Waals surface area contributed by atoms with E-state index in [1.807, 2.05) is 68.4 Å². The number of anilines is 1. The van der Waals surface area contributed by atoms with Gasteiger partial charge in [-0.05, 0) is 35.6 Å². The topological polar surface area (TPSA) is 67.4 Å². The largest absolute Gasteiger partial charge is 0.445 e. The molecule has 2 amide bonds. The van der Waals surface area contributed by atoms with Gasteiger partial charge in [0.15, 0.2) is 0 Å². The van der Waals surface area contributed by atoms with E-state index in [1.165, 1.54) is 0 Å². The zero-order valence-corrected chi connectivity index (χ0v) is 15.5. The van der Waals surface area contributed by atoms with Crippen LogP contribution >= 0.6 is 0 Å². The number of nitrogens with one attached hydrogen (secondary N) is 2. The summed E-state index contributed by atoms with van der Waals surface area (Å²) in [5, 5.41) is 5.53. The first-order chi connectivity index (χ1) is 12.5. The van der Waals surface area contributed by atoms with Gasteiger partial charge in [0.1, 0.15) is 12.6 Å². The Labute approximate surface area is 154 Å². The molecule has 2 aromatic rings. The predicted molar refractivity (Wildman–Crippen MR) is 103 cm³/mol. The number of hydrogen-bond donors (Lipinski definition) is 2. The highest BCUT2D eigenvalue weighted by Gasteiger charge is 2.25. The molecule has 0 spiro atoms. The molecule has 1 unspecified atom stereocenters. The molecule has 0 aliphatic rings. The van der Waals surface area contributed by atoms with Crippen LogP contribution < -0.4 is 10.6 Å². The van der Waals surface area contributed by atoms with Crippen molar-refractivity contribution in [1.29, 1.82) is 0 Å². The second kappa shape index (κ2) is 9.61. The van der Waals surface area contributed by atoms with E-state index in [9.17, 15) is 9.59 Å². The molecule has 2 N–H and O–H groups in total. The number of benzene rings is 2. The SMILES string of the molecule is CCc1cccc(NC(=O)C(NC(=O)OCc2ccccc2)C(C)C)c1. The van der Waals surface area contributed by atoms with Crippen molar-refractivity contribution in [3.8, 4) is 0 Å². The van der Waals surface area contributed by atoms with Crippen LogP contribution in [-0.2, 0) is 22.6 Å². The van der Waals surface area contributed by atoms with E-state index in [-0.39, 0.29) is 18.4 Å². The van der Waals surface area contributed by atoms with Crippen LogP contribution in [0, 0.1) is 5.92 Å². The lowest BCUT2D eigenvalue weighted by Gasteiger charge is -2.21. The standard InChI is InChI=1S/C21H26N2O3/c1-4-16-11-8-12-18(13-16)22-20(24)19(15(2)3)23-21(25)26-14-17-9-6-5-7-10-17/h5-13,15,19H,4,14H2,1-3H3,(H,22,24)(H,23,25). The molecule has 1 atom stereocenters. The van der Waals surface area contributed by atoms with Crippen LogP contribution in [0.3, 0.4) is 0 Å². The first-order valence-corrected chi connectivity index (χ1v) is 8.86. The summed E-state index contributed by atoms with van der Waals surface area (Å²) in [6.07, 6.45) is 0.284. The molecule has 2 aromatic carbocycles. The number of carbonyl (C=O) groups is 2. The Kier molecular flexibility index (Phi) is 7.21. The lowest BCUT2D eigenvalue weighted by atomic mass is 10.0. The number of rotatable bonds is 7. The average Bonchev–Trinajstić information content (AvgIpc) is 2.65. The summed E-state index contributed by atoms with van der Waals surface area (Å²) in [5.41, 5.74) is 2.75. The molecule has 5 heteroatoms. The number of hydrogen-bond acceptors (Lipinski definition) is 3. The van der Waals surface area contributed by atoms with E-state index in [2.05, 4.69) is 17.6 Å². The van der Waals surface area contributed by atoms with Gasteiger partial charge in [0.2, 0.25) is 5.91 Å². The summed E-state index contributed by atoms with van der Waals surface area (Å²) in [6, 6.07) is 16.4. The molecule has 0 fully saturated rings. The molecule has 0 aliphatic carbocycles. The molecule has 0 bridgehead atoms. The maximum atomic E-state index is 12.6. The van der Waals surface area contributed by atoms with Crippen molar-refractivity contribution in [2.24, 2.45) is 5.92 Å². The van der Waals surface area contributed by atoms with Gasteiger partial charge < -0.3 is 15.4 Å². The third-order valence-electron chi connectivity index (χ3n) is 4.04. The molecule has 2 rings (SSSR count). The van der Waals surface area contributed by atoms with E-state index >= 15 is 0 Å². The second-order valence-corrected chi connectivity index (χ2v) is 6.47. The lowest BCUT2D eigenvalue weighted by Crippen LogP contribution is -2.47. The second-order valence-electron chi connectivity index (χ2n) is 6.47. The highest BCUT2D eigenvalue weighted by Crippen LogP contribution is 2.13. The molecule has 138 valence electrons. The Morgan fingerprint density at radius 3 is 2.35 bits per heavy atom. The number of amides is 2. The number of carbonyl (C=O) groups excluding carboxylic acids is 2. The Balaban J connectivity index is 1.94. The fourth-order valence-corrected chi connectivity index (χ4v) is 2.52. The van der Waals surface area contributed by atoms with Gasteiger partial charge in [0.25, 0.3) is 0 Å². The minimum Gasteiger partial charge on any atom is -0.445 e. The van der Waals surface area contributed by atoms with Crippen LogP contribution in [0.1, 0.15) is 31.9 Å². The first-order valence-electron chi connectivity index (χ1n) is 8.86. The van der Waals surface area contributed by atoms with Crippen molar-refractivity contribution < 1.29 is 14.3 Å². The number of alkyl carbamates (subject to hydrolysis) is 1. The summed E-state index contributed by atoms with van der Waals surface area (Å²) < 4.78 is 5.22. The molecule has 0 heterocycles. The van der Waals surface area contributed by atoms with Gasteiger partial charge in [0, 0.05) is 5.69 Å². The molecule has 0 aliphatic heterocycles. The Morgan fingerprint density at radius 2 is 1.69 bits per heavy atom. The van der Waals surface area contributed by atoms with E-state index < -0.39 is 12.1 Å². The van der Waals surface area contributed by atoms with Crippen molar-refractivity contribution in [2.45, 2.75) is 39.8 Å². The molecular formula is C21H26N2O3. The van der Waals surface area contributed by atoms with Gasteiger partial charge in [-0.25, -0.2) is 4.79 Å². The van der Waals surface area contributed by atoms with Crippen LogP contribution in [0.25, 0.3) is 0 Å². The summed E-state index contributed by atoms with van der Waals surface area (Å²) in [4.78, 5) is 24.7. The van der Waals surface area contributed by atoms with Gasteiger partial charge in [0.05, 0.1) is 0 Å². The number of aryl methyl sites for hydroxylation is 1. The van der Waals surface area contributed by atoms with Gasteiger partial charge in [-0.15, -0.1) is 0 Å². The van der Waals surface area contributed by atoms with E-state index in [4.69, 9.17) is 4.74 Å². The zero-order valence-electron chi connectivity index (χ0n) is 15.5. The van der Waals surface area contributed by atoms with Crippen molar-refractivity contribution >= 4 is 17.7 Å². The van der Waals surface area contributed by atoms with Crippen LogP contribution in [0.15, 0.2) is 54.6 Å². The van der Waals surface area contributed by atoms with Gasteiger partial charge in [-0.3, -0.25) is 4.79 Å². The maximum absolute atomic E-state index is 12.6. The monoisotopic (exact) mass is 354 g/mol. The Morgan fingerprint density at radius 1 is 1.00 bits per heavy atom. The third kappa shape index (κ3) is 5.92. The molecule has 26 heavy (non-hydrogen) atoms. The molecule has 0 aromatic heterocycles. The molecule has 5 nitrogen and oxygen atoms in total. The minimum absolute atomic E-state index is 0.0753. The predicted octanol–water partition coefficient (Wildman–Crippen LogP) is 4.14.